The van der Waals surface area contributed by atoms with E-state index in [1.807, 2.05) is 0 Å². The van der Waals surface area contributed by atoms with Crippen LogP contribution in [-0.4, -0.2) is 25.7 Å². The summed E-state index contributed by atoms with van der Waals surface area (Å²) < 4.78 is 5.49. The van der Waals surface area contributed by atoms with E-state index in [4.69, 9.17) is 27.9 Å². The van der Waals surface area contributed by atoms with Crippen LogP contribution in [0.1, 0.15) is 29.6 Å². The van der Waals surface area contributed by atoms with Gasteiger partial charge in [-0.15, -0.1) is 0 Å². The molecule has 1 aliphatic carbocycles. The maximum Gasteiger partial charge on any atom is 0.252 e. The summed E-state index contributed by atoms with van der Waals surface area (Å²) in [6.07, 6.45) is 3.39. The molecular weight excluding hydrogens is 285 g/mol. The van der Waals surface area contributed by atoms with Gasteiger partial charge in [0.1, 0.15) is 0 Å². The quantitative estimate of drug-likeness (QED) is 0.782. The van der Waals surface area contributed by atoms with E-state index in [-0.39, 0.29) is 5.91 Å². The minimum absolute atomic E-state index is 0.199. The Balaban J connectivity index is 1.66. The third kappa shape index (κ3) is 5.01. The number of halogens is 2. The van der Waals surface area contributed by atoms with Gasteiger partial charge in [-0.2, -0.15) is 0 Å². The molecule has 0 bridgehead atoms. The Bertz CT molecular complexity index is 447. The normalized spacial score (nSPS) is 14.4. The topological polar surface area (TPSA) is 38.3 Å². The van der Waals surface area contributed by atoms with Gasteiger partial charge >= 0.3 is 0 Å². The fourth-order valence-electron chi connectivity index (χ4n) is 1.68. The summed E-state index contributed by atoms with van der Waals surface area (Å²) in [6.45, 7) is 2.11. The van der Waals surface area contributed by atoms with E-state index < -0.39 is 0 Å². The van der Waals surface area contributed by atoms with Crippen LogP contribution in [0.2, 0.25) is 10.0 Å². The highest BCUT2D eigenvalue weighted by Gasteiger charge is 2.20. The van der Waals surface area contributed by atoms with Gasteiger partial charge in [-0.3, -0.25) is 4.79 Å². The Morgan fingerprint density at radius 2 is 2.16 bits per heavy atom. The molecule has 0 spiro atoms. The number of nitrogens with one attached hydrogen (secondary N) is 1. The zero-order valence-electron chi connectivity index (χ0n) is 10.6. The number of benzene rings is 1. The lowest BCUT2D eigenvalue weighted by Gasteiger charge is -2.07. The van der Waals surface area contributed by atoms with E-state index >= 15 is 0 Å². The molecule has 19 heavy (non-hydrogen) atoms. The third-order valence-electron chi connectivity index (χ3n) is 2.97. The van der Waals surface area contributed by atoms with Crippen LogP contribution >= 0.6 is 23.2 Å². The van der Waals surface area contributed by atoms with Crippen LogP contribution in [0.5, 0.6) is 0 Å². The number of hydrogen-bond acceptors (Lipinski definition) is 2. The first-order valence-electron chi connectivity index (χ1n) is 6.48. The summed E-state index contributed by atoms with van der Waals surface area (Å²) in [7, 11) is 0. The Kier molecular flexibility index (Phi) is 5.49. The standard InChI is InChI=1S/C14H17Cl2NO2/c15-11-4-5-13(16)12(8-11)14(18)17-6-1-7-19-9-10-2-3-10/h4-5,8,10H,1-3,6-7,9H2,(H,17,18). The maximum atomic E-state index is 11.9. The zero-order chi connectivity index (χ0) is 13.7. The van der Waals surface area contributed by atoms with E-state index in [0.717, 1.165) is 18.9 Å². The van der Waals surface area contributed by atoms with Crippen molar-refractivity contribution in [2.75, 3.05) is 19.8 Å². The average molecular weight is 302 g/mol. The van der Waals surface area contributed by atoms with Crippen LogP contribution in [0, 0.1) is 5.92 Å². The van der Waals surface area contributed by atoms with Crippen LogP contribution in [-0.2, 0) is 4.74 Å². The van der Waals surface area contributed by atoms with Gasteiger partial charge in [0, 0.05) is 24.8 Å². The number of rotatable bonds is 7. The van der Waals surface area contributed by atoms with Gasteiger partial charge in [0.25, 0.3) is 5.91 Å². The third-order valence-corrected chi connectivity index (χ3v) is 3.54. The molecule has 1 amide bonds. The first kappa shape index (κ1) is 14.6. The molecule has 1 aromatic rings. The molecule has 0 radical (unpaired) electrons. The second-order valence-electron chi connectivity index (χ2n) is 4.75. The van der Waals surface area contributed by atoms with E-state index in [1.54, 1.807) is 18.2 Å². The van der Waals surface area contributed by atoms with Crippen molar-refractivity contribution in [3.8, 4) is 0 Å². The smallest absolute Gasteiger partial charge is 0.252 e. The summed E-state index contributed by atoms with van der Waals surface area (Å²) in [6, 6.07) is 4.85. The number of amides is 1. The fraction of sp³-hybridized carbons (Fsp3) is 0.500. The fourth-order valence-corrected chi connectivity index (χ4v) is 2.05. The van der Waals surface area contributed by atoms with Crippen molar-refractivity contribution in [3.63, 3.8) is 0 Å². The lowest BCUT2D eigenvalue weighted by atomic mass is 10.2. The Morgan fingerprint density at radius 3 is 2.89 bits per heavy atom. The number of hydrogen-bond donors (Lipinski definition) is 1. The minimum atomic E-state index is -0.199. The van der Waals surface area contributed by atoms with Crippen molar-refractivity contribution in [2.45, 2.75) is 19.3 Å². The van der Waals surface area contributed by atoms with E-state index in [2.05, 4.69) is 5.32 Å². The van der Waals surface area contributed by atoms with E-state index in [1.165, 1.54) is 12.8 Å². The van der Waals surface area contributed by atoms with Crippen LogP contribution < -0.4 is 5.32 Å². The van der Waals surface area contributed by atoms with Crippen molar-refractivity contribution in [1.82, 2.24) is 5.32 Å². The summed E-state index contributed by atoms with van der Waals surface area (Å²) in [5.41, 5.74) is 0.410. The van der Waals surface area contributed by atoms with Crippen LogP contribution in [0.3, 0.4) is 0 Å². The number of carbonyl (C=O) groups excluding carboxylic acids is 1. The van der Waals surface area contributed by atoms with E-state index in [9.17, 15) is 4.79 Å². The number of carbonyl (C=O) groups is 1. The largest absolute Gasteiger partial charge is 0.381 e. The molecule has 1 fully saturated rings. The Morgan fingerprint density at radius 1 is 1.37 bits per heavy atom. The van der Waals surface area contributed by atoms with Crippen LogP contribution in [0.25, 0.3) is 0 Å². The summed E-state index contributed by atoms with van der Waals surface area (Å²) in [4.78, 5) is 11.9. The van der Waals surface area contributed by atoms with Crippen molar-refractivity contribution >= 4 is 29.1 Å². The highest BCUT2D eigenvalue weighted by Crippen LogP contribution is 2.28. The van der Waals surface area contributed by atoms with Gasteiger partial charge < -0.3 is 10.1 Å². The van der Waals surface area contributed by atoms with Gasteiger partial charge in [0.05, 0.1) is 10.6 Å². The second-order valence-corrected chi connectivity index (χ2v) is 5.60. The van der Waals surface area contributed by atoms with E-state index in [0.29, 0.717) is 28.8 Å². The first-order valence-corrected chi connectivity index (χ1v) is 7.23. The Hall–Kier alpha value is -0.770. The zero-order valence-corrected chi connectivity index (χ0v) is 12.1. The molecule has 0 aliphatic heterocycles. The molecule has 0 atom stereocenters. The summed E-state index contributed by atoms with van der Waals surface area (Å²) in [5, 5.41) is 3.72. The van der Waals surface area contributed by atoms with Gasteiger partial charge in [-0.25, -0.2) is 0 Å². The van der Waals surface area contributed by atoms with Crippen molar-refractivity contribution in [2.24, 2.45) is 5.92 Å². The maximum absolute atomic E-state index is 11.9. The minimum Gasteiger partial charge on any atom is -0.381 e. The van der Waals surface area contributed by atoms with Crippen LogP contribution in [0.15, 0.2) is 18.2 Å². The molecule has 104 valence electrons. The molecule has 0 saturated heterocycles. The Labute approximate surface area is 123 Å². The molecule has 1 aliphatic rings. The molecular formula is C14H17Cl2NO2. The summed E-state index contributed by atoms with van der Waals surface area (Å²) in [5.74, 6) is 0.578. The highest BCUT2D eigenvalue weighted by molar-refractivity contribution is 6.35. The van der Waals surface area contributed by atoms with Gasteiger partial charge in [0.15, 0.2) is 0 Å². The van der Waals surface area contributed by atoms with Gasteiger partial charge in [-0.05, 0) is 43.4 Å². The van der Waals surface area contributed by atoms with Crippen molar-refractivity contribution < 1.29 is 9.53 Å². The van der Waals surface area contributed by atoms with Crippen LogP contribution in [0.4, 0.5) is 0 Å². The van der Waals surface area contributed by atoms with Crippen molar-refractivity contribution in [1.29, 1.82) is 0 Å². The second kappa shape index (κ2) is 7.13. The molecule has 2 rings (SSSR count). The molecule has 1 aromatic carbocycles. The van der Waals surface area contributed by atoms with Crippen molar-refractivity contribution in [3.05, 3.63) is 33.8 Å². The highest BCUT2D eigenvalue weighted by atomic mass is 35.5. The molecule has 0 heterocycles. The molecule has 1 saturated carbocycles. The predicted molar refractivity (Wildman–Crippen MR) is 77.0 cm³/mol. The predicted octanol–water partition coefficient (Wildman–Crippen LogP) is 3.54. The van der Waals surface area contributed by atoms with Gasteiger partial charge in [-0.1, -0.05) is 23.2 Å². The van der Waals surface area contributed by atoms with Gasteiger partial charge in [0.2, 0.25) is 0 Å². The SMILES string of the molecule is O=C(NCCCOCC1CC1)c1cc(Cl)ccc1Cl. The molecule has 0 aromatic heterocycles. The molecule has 3 nitrogen and oxygen atoms in total. The molecule has 0 unspecified atom stereocenters. The molecule has 1 N–H and O–H groups in total. The lowest BCUT2D eigenvalue weighted by molar-refractivity contribution is 0.0937. The first-order chi connectivity index (χ1) is 9.16. The lowest BCUT2D eigenvalue weighted by Crippen LogP contribution is -2.25. The average Bonchev–Trinajstić information content (AvgIpc) is 3.20. The molecule has 5 heteroatoms. The number of ether oxygens (including phenoxy) is 1. The summed E-state index contributed by atoms with van der Waals surface area (Å²) >= 11 is 11.8. The monoisotopic (exact) mass is 301 g/mol.